The number of likely N-dealkylation sites (N-methyl/N-ethyl adjacent to an activating group) is 1. The molecule has 1 rings (SSSR count). The minimum atomic E-state index is -3.13. The highest BCUT2D eigenvalue weighted by Crippen LogP contribution is 2.16. The van der Waals surface area contributed by atoms with Gasteiger partial charge in [-0.1, -0.05) is 6.92 Å². The Kier molecular flexibility index (Phi) is 7.12. The van der Waals surface area contributed by atoms with E-state index in [1.165, 1.54) is 19.1 Å². The van der Waals surface area contributed by atoms with Crippen LogP contribution in [0.15, 0.2) is 4.99 Å². The molecule has 1 heterocycles. The fourth-order valence-electron chi connectivity index (χ4n) is 2.49. The monoisotopic (exact) mass is 332 g/mol. The minimum Gasteiger partial charge on any atom is -0.357 e. The molecule has 6 nitrogen and oxygen atoms in total. The van der Waals surface area contributed by atoms with E-state index in [9.17, 15) is 8.42 Å². The second-order valence-corrected chi connectivity index (χ2v) is 9.18. The van der Waals surface area contributed by atoms with Gasteiger partial charge >= 0.3 is 0 Å². The molecule has 1 unspecified atom stereocenters. The lowest BCUT2D eigenvalue weighted by Crippen LogP contribution is -2.45. The third kappa shape index (κ3) is 5.43. The molecule has 0 aromatic heterocycles. The molecule has 1 atom stereocenters. The lowest BCUT2D eigenvalue weighted by Gasteiger charge is -2.25. The Bertz CT molecular complexity index is 474. The maximum absolute atomic E-state index is 11.8. The summed E-state index contributed by atoms with van der Waals surface area (Å²) in [6, 6.07) is 0.539. The topological polar surface area (TPSA) is 73.8 Å². The molecule has 0 amide bonds. The van der Waals surface area contributed by atoms with Gasteiger partial charge in [0.1, 0.15) is 0 Å². The van der Waals surface area contributed by atoms with Crippen LogP contribution in [0.25, 0.3) is 0 Å². The molecule has 0 aliphatic carbocycles. The van der Waals surface area contributed by atoms with Gasteiger partial charge in [0.25, 0.3) is 0 Å². The largest absolute Gasteiger partial charge is 0.357 e. The predicted molar refractivity (Wildman–Crippen MR) is 93.2 cm³/mol. The molecule has 0 aromatic carbocycles. The third-order valence-electron chi connectivity index (χ3n) is 4.38. The zero-order chi connectivity index (χ0) is 16.8. The average molecular weight is 333 g/mol. The van der Waals surface area contributed by atoms with Crippen molar-refractivity contribution >= 4 is 15.8 Å². The van der Waals surface area contributed by atoms with Gasteiger partial charge in [-0.05, 0) is 46.7 Å². The van der Waals surface area contributed by atoms with Gasteiger partial charge in [0.15, 0.2) is 15.8 Å². The van der Waals surface area contributed by atoms with Gasteiger partial charge in [-0.3, -0.25) is 9.89 Å². The quantitative estimate of drug-likeness (QED) is 0.534. The van der Waals surface area contributed by atoms with E-state index in [1.54, 1.807) is 13.8 Å². The van der Waals surface area contributed by atoms with E-state index in [4.69, 9.17) is 0 Å². The fourth-order valence-corrected chi connectivity index (χ4v) is 2.78. The van der Waals surface area contributed by atoms with Crippen LogP contribution in [0, 0.1) is 0 Å². The predicted octanol–water partition coefficient (Wildman–Crippen LogP) is 0.849. The third-order valence-corrected chi connectivity index (χ3v) is 6.51. The van der Waals surface area contributed by atoms with Crippen LogP contribution in [0.5, 0.6) is 0 Å². The Hall–Kier alpha value is -0.820. The molecule has 22 heavy (non-hydrogen) atoms. The van der Waals surface area contributed by atoms with E-state index in [1.807, 2.05) is 6.92 Å². The van der Waals surface area contributed by atoms with Gasteiger partial charge in [-0.15, -0.1) is 0 Å². The Morgan fingerprint density at radius 3 is 2.55 bits per heavy atom. The van der Waals surface area contributed by atoms with Crippen molar-refractivity contribution < 1.29 is 8.42 Å². The van der Waals surface area contributed by atoms with E-state index in [2.05, 4.69) is 27.4 Å². The second kappa shape index (κ2) is 8.15. The molecule has 0 radical (unpaired) electrons. The highest BCUT2D eigenvalue weighted by molar-refractivity contribution is 7.92. The summed E-state index contributed by atoms with van der Waals surface area (Å²) in [7, 11) is -3.13. The van der Waals surface area contributed by atoms with Crippen LogP contribution in [-0.2, 0) is 9.84 Å². The van der Waals surface area contributed by atoms with Gasteiger partial charge in [0.05, 0.1) is 11.3 Å². The zero-order valence-corrected chi connectivity index (χ0v) is 15.5. The molecule has 7 heteroatoms. The molecular weight excluding hydrogens is 300 g/mol. The molecule has 0 bridgehead atoms. The van der Waals surface area contributed by atoms with Crippen molar-refractivity contribution in [1.82, 2.24) is 15.5 Å². The Morgan fingerprint density at radius 2 is 2.00 bits per heavy atom. The van der Waals surface area contributed by atoms with Gasteiger partial charge < -0.3 is 10.6 Å². The summed E-state index contributed by atoms with van der Waals surface area (Å²) >= 11 is 0. The number of rotatable bonds is 7. The molecule has 1 saturated heterocycles. The molecule has 1 aliphatic heterocycles. The number of nitrogens with zero attached hydrogens (tertiary/aromatic N) is 2. The van der Waals surface area contributed by atoms with E-state index in [0.717, 1.165) is 26.2 Å². The molecular formula is C15H32N4O2S. The lowest BCUT2D eigenvalue weighted by molar-refractivity contribution is 0.267. The number of hydrogen-bond donors (Lipinski definition) is 2. The van der Waals surface area contributed by atoms with Gasteiger partial charge in [-0.2, -0.15) is 0 Å². The molecule has 0 spiro atoms. The first-order chi connectivity index (χ1) is 10.2. The molecule has 1 aliphatic rings. The highest BCUT2D eigenvalue weighted by Gasteiger charge is 2.30. The highest BCUT2D eigenvalue weighted by atomic mass is 32.2. The van der Waals surface area contributed by atoms with Crippen molar-refractivity contribution in [2.75, 3.05) is 39.0 Å². The van der Waals surface area contributed by atoms with E-state index in [-0.39, 0.29) is 6.54 Å². The summed E-state index contributed by atoms with van der Waals surface area (Å²) in [5.74, 6) is 0.696. The van der Waals surface area contributed by atoms with Gasteiger partial charge in [-0.25, -0.2) is 8.42 Å². The van der Waals surface area contributed by atoms with Crippen LogP contribution in [0.2, 0.25) is 0 Å². The van der Waals surface area contributed by atoms with Crippen molar-refractivity contribution in [2.45, 2.75) is 51.3 Å². The standard InChI is InChI=1S/C15H32N4O2S/c1-6-16-14(18-12-15(3,4)22(5,20)21)17-11-13-9-8-10-19(13)7-2/h13H,6-12H2,1-5H3,(H2,16,17,18). The number of aliphatic imine (C=N–C) groups is 1. The summed E-state index contributed by atoms with van der Waals surface area (Å²) in [5.41, 5.74) is 0. The molecule has 2 N–H and O–H groups in total. The van der Waals surface area contributed by atoms with Crippen molar-refractivity contribution in [1.29, 1.82) is 0 Å². The smallest absolute Gasteiger partial charge is 0.191 e. The molecule has 130 valence electrons. The number of guanidine groups is 1. The number of likely N-dealkylation sites (tertiary alicyclic amines) is 1. The van der Waals surface area contributed by atoms with Crippen LogP contribution in [0.4, 0.5) is 0 Å². The lowest BCUT2D eigenvalue weighted by atomic mass is 10.2. The Labute approximate surface area is 135 Å². The fraction of sp³-hybridized carbons (Fsp3) is 0.933. The number of nitrogens with one attached hydrogen (secondary N) is 2. The molecule has 0 saturated carbocycles. The van der Waals surface area contributed by atoms with E-state index >= 15 is 0 Å². The van der Waals surface area contributed by atoms with Crippen LogP contribution >= 0.6 is 0 Å². The molecule has 0 aromatic rings. The average Bonchev–Trinajstić information content (AvgIpc) is 2.88. The number of hydrogen-bond acceptors (Lipinski definition) is 4. The Balaban J connectivity index is 2.63. The molecule has 1 fully saturated rings. The van der Waals surface area contributed by atoms with Crippen molar-refractivity contribution in [3.05, 3.63) is 0 Å². The Morgan fingerprint density at radius 1 is 1.32 bits per heavy atom. The first kappa shape index (κ1) is 19.2. The number of sulfone groups is 1. The summed E-state index contributed by atoms with van der Waals surface area (Å²) in [6.45, 7) is 11.7. The summed E-state index contributed by atoms with van der Waals surface area (Å²) in [4.78, 5) is 6.93. The normalized spacial score (nSPS) is 21.1. The maximum atomic E-state index is 11.8. The summed E-state index contributed by atoms with van der Waals surface area (Å²) in [6.07, 6.45) is 3.71. The minimum absolute atomic E-state index is 0.253. The van der Waals surface area contributed by atoms with Crippen LogP contribution in [-0.4, -0.2) is 69.0 Å². The first-order valence-electron chi connectivity index (χ1n) is 8.17. The van der Waals surface area contributed by atoms with Crippen molar-refractivity contribution in [3.63, 3.8) is 0 Å². The second-order valence-electron chi connectivity index (χ2n) is 6.53. The van der Waals surface area contributed by atoms with Gasteiger partial charge in [0, 0.05) is 25.4 Å². The van der Waals surface area contributed by atoms with E-state index < -0.39 is 14.6 Å². The maximum Gasteiger partial charge on any atom is 0.191 e. The van der Waals surface area contributed by atoms with Crippen LogP contribution < -0.4 is 10.6 Å². The van der Waals surface area contributed by atoms with E-state index in [0.29, 0.717) is 12.0 Å². The first-order valence-corrected chi connectivity index (χ1v) is 10.1. The van der Waals surface area contributed by atoms with Crippen molar-refractivity contribution in [3.8, 4) is 0 Å². The van der Waals surface area contributed by atoms with Crippen LogP contribution in [0.1, 0.15) is 40.5 Å². The zero-order valence-electron chi connectivity index (χ0n) is 14.6. The van der Waals surface area contributed by atoms with Crippen molar-refractivity contribution in [2.24, 2.45) is 4.99 Å². The van der Waals surface area contributed by atoms with Gasteiger partial charge in [0.2, 0.25) is 0 Å². The summed E-state index contributed by atoms with van der Waals surface area (Å²) < 4.78 is 22.7. The summed E-state index contributed by atoms with van der Waals surface area (Å²) in [5, 5.41) is 6.54. The van der Waals surface area contributed by atoms with Crippen LogP contribution in [0.3, 0.4) is 0 Å². The SMILES string of the molecule is CCNC(=NCC(C)(C)S(C)(=O)=O)NCC1CCCN1CC.